The van der Waals surface area contributed by atoms with Crippen molar-refractivity contribution in [2.24, 2.45) is 0 Å². The van der Waals surface area contributed by atoms with Crippen LogP contribution < -0.4 is 10.6 Å². The topological polar surface area (TPSA) is 58.2 Å². The van der Waals surface area contributed by atoms with Crippen molar-refractivity contribution >= 4 is 39.1 Å². The van der Waals surface area contributed by atoms with E-state index in [-0.39, 0.29) is 17.3 Å². The number of nitrogens with one attached hydrogen (secondary N) is 2. The van der Waals surface area contributed by atoms with Gasteiger partial charge in [-0.25, -0.2) is 8.78 Å². The third-order valence-corrected chi connectivity index (χ3v) is 5.91. The molecule has 3 aromatic rings. The lowest BCUT2D eigenvalue weighted by atomic mass is 9.92. The highest BCUT2D eigenvalue weighted by atomic mass is 79.9. The Morgan fingerprint density at radius 1 is 0.675 bits per heavy atom. The van der Waals surface area contributed by atoms with Crippen molar-refractivity contribution in [2.45, 2.75) is 24.2 Å². The summed E-state index contributed by atoms with van der Waals surface area (Å²) in [6, 6.07) is 8.07. The van der Waals surface area contributed by atoms with Crippen molar-refractivity contribution in [1.29, 1.82) is 0 Å². The molecule has 0 bridgehead atoms. The summed E-state index contributed by atoms with van der Waals surface area (Å²) in [6.45, 7) is 0. The minimum Gasteiger partial charge on any atom is -0.322 e. The predicted molar refractivity (Wildman–Crippen MR) is 123 cm³/mol. The van der Waals surface area contributed by atoms with Gasteiger partial charge in [0.1, 0.15) is 5.82 Å². The zero-order valence-electron chi connectivity index (χ0n) is 19.1. The molecule has 0 atom stereocenters. The SMILES string of the molecule is O=C(Nc1cccc(C(=O)Nc2c(Br)cc(C(F)(C(F)(F)F)C(F)(F)F)cc2C(F)(F)F)c1)c1cccc(F)c1. The summed E-state index contributed by atoms with van der Waals surface area (Å²) in [5.74, 6) is -2.88. The fraction of sp³-hybridized carbons (Fsp3) is 0.167. The molecule has 0 spiro atoms. The van der Waals surface area contributed by atoms with E-state index in [9.17, 15) is 57.9 Å². The zero-order valence-corrected chi connectivity index (χ0v) is 20.7. The van der Waals surface area contributed by atoms with Crippen molar-refractivity contribution in [1.82, 2.24) is 0 Å². The van der Waals surface area contributed by atoms with Gasteiger partial charge in [-0.3, -0.25) is 9.59 Å². The number of hydrogen-bond donors (Lipinski definition) is 2. The van der Waals surface area contributed by atoms with Crippen LogP contribution in [-0.4, -0.2) is 24.2 Å². The third kappa shape index (κ3) is 6.21. The summed E-state index contributed by atoms with van der Waals surface area (Å²) in [7, 11) is 0. The van der Waals surface area contributed by atoms with Crippen LogP contribution in [0.5, 0.6) is 0 Å². The van der Waals surface area contributed by atoms with Gasteiger partial charge < -0.3 is 10.6 Å². The number of anilines is 2. The summed E-state index contributed by atoms with van der Waals surface area (Å²) in [5, 5.41) is 4.04. The Hall–Kier alpha value is -3.69. The van der Waals surface area contributed by atoms with Crippen LogP contribution in [0.4, 0.5) is 59.7 Å². The van der Waals surface area contributed by atoms with Gasteiger partial charge in [0, 0.05) is 26.9 Å². The summed E-state index contributed by atoms with van der Waals surface area (Å²) < 4.78 is 147. The van der Waals surface area contributed by atoms with Gasteiger partial charge in [0.2, 0.25) is 0 Å². The summed E-state index contributed by atoms with van der Waals surface area (Å²) >= 11 is 2.39. The molecule has 0 heterocycles. The van der Waals surface area contributed by atoms with Crippen molar-refractivity contribution < 1.29 is 57.9 Å². The maximum atomic E-state index is 14.5. The lowest BCUT2D eigenvalue weighted by Gasteiger charge is -2.31. The van der Waals surface area contributed by atoms with Gasteiger partial charge in [-0.1, -0.05) is 12.1 Å². The van der Waals surface area contributed by atoms with Gasteiger partial charge in [0.25, 0.3) is 11.8 Å². The number of rotatable bonds is 5. The molecule has 0 saturated carbocycles. The molecule has 0 aliphatic rings. The molecule has 3 aromatic carbocycles. The number of benzene rings is 3. The van der Waals surface area contributed by atoms with Gasteiger partial charge in [-0.05, 0) is 64.5 Å². The van der Waals surface area contributed by atoms with Gasteiger partial charge >= 0.3 is 24.2 Å². The monoisotopic (exact) mass is 648 g/mol. The Bertz CT molecular complexity index is 1440. The molecule has 16 heteroatoms. The van der Waals surface area contributed by atoms with Crippen molar-refractivity contribution in [2.75, 3.05) is 10.6 Å². The van der Waals surface area contributed by atoms with E-state index >= 15 is 0 Å². The third-order valence-electron chi connectivity index (χ3n) is 5.28. The number of carbonyl (C=O) groups excluding carboxylic acids is 2. The van der Waals surface area contributed by atoms with Crippen LogP contribution in [0, 0.1) is 5.82 Å². The van der Waals surface area contributed by atoms with Crippen molar-refractivity contribution in [3.63, 3.8) is 0 Å². The molecule has 0 unspecified atom stereocenters. The number of carbonyl (C=O) groups is 2. The average Bonchev–Trinajstić information content (AvgIpc) is 2.82. The zero-order chi connectivity index (χ0) is 30.3. The molecule has 0 fully saturated rings. The molecule has 0 radical (unpaired) electrons. The molecule has 40 heavy (non-hydrogen) atoms. The molecular weight excluding hydrogens is 637 g/mol. The second-order valence-electron chi connectivity index (χ2n) is 8.03. The van der Waals surface area contributed by atoms with Gasteiger partial charge in [0.05, 0.1) is 11.3 Å². The first kappa shape index (κ1) is 30.8. The highest BCUT2D eigenvalue weighted by Gasteiger charge is 2.73. The summed E-state index contributed by atoms with van der Waals surface area (Å²) in [5.41, 5.74) is -12.7. The average molecular weight is 649 g/mol. The van der Waals surface area contributed by atoms with E-state index in [0.29, 0.717) is 0 Å². The molecular formula is C24H12BrF11N2O2. The quantitative estimate of drug-likeness (QED) is 0.273. The van der Waals surface area contributed by atoms with Crippen LogP contribution in [0.2, 0.25) is 0 Å². The molecule has 4 nitrogen and oxygen atoms in total. The van der Waals surface area contributed by atoms with Crippen LogP contribution in [0.1, 0.15) is 31.8 Å². The fourth-order valence-corrected chi connectivity index (χ4v) is 3.96. The van der Waals surface area contributed by atoms with Gasteiger partial charge in [-0.15, -0.1) is 0 Å². The number of amides is 2. The first-order valence-electron chi connectivity index (χ1n) is 10.5. The smallest absolute Gasteiger partial charge is 0.322 e. The largest absolute Gasteiger partial charge is 0.435 e. The highest BCUT2D eigenvalue weighted by Crippen LogP contribution is 2.55. The normalized spacial score (nSPS) is 12.7. The van der Waals surface area contributed by atoms with Crippen LogP contribution in [0.15, 0.2) is 65.1 Å². The van der Waals surface area contributed by atoms with E-state index in [0.717, 1.165) is 24.3 Å². The maximum Gasteiger partial charge on any atom is 0.435 e. The van der Waals surface area contributed by atoms with Gasteiger partial charge in [0.15, 0.2) is 0 Å². The number of hydrogen-bond acceptors (Lipinski definition) is 2. The van der Waals surface area contributed by atoms with Crippen LogP contribution in [0.25, 0.3) is 0 Å². The van der Waals surface area contributed by atoms with Gasteiger partial charge in [-0.2, -0.15) is 39.5 Å². The molecule has 2 N–H and O–H groups in total. The van der Waals surface area contributed by atoms with Crippen LogP contribution in [0.3, 0.4) is 0 Å². The van der Waals surface area contributed by atoms with E-state index in [1.807, 2.05) is 0 Å². The molecule has 2 amide bonds. The van der Waals surface area contributed by atoms with Crippen molar-refractivity contribution in [3.8, 4) is 0 Å². The standard InChI is InChI=1S/C24H12BrF11N2O2/c25-17-10-13(21(27,23(31,32)33)24(34,35)36)9-16(22(28,29)30)18(17)38-20(40)12-4-2-6-15(8-12)37-19(39)11-3-1-5-14(26)7-11/h1-10H,(H,37,39)(H,38,40). The second-order valence-corrected chi connectivity index (χ2v) is 8.89. The van der Waals surface area contributed by atoms with E-state index in [2.05, 4.69) is 21.2 Å². The summed E-state index contributed by atoms with van der Waals surface area (Å²) in [6.07, 6.45) is -19.0. The lowest BCUT2D eigenvalue weighted by Crippen LogP contribution is -2.50. The lowest BCUT2D eigenvalue weighted by molar-refractivity contribution is -0.348. The minimum absolute atomic E-state index is 0.0788. The van der Waals surface area contributed by atoms with Crippen molar-refractivity contribution in [3.05, 3.63) is 93.2 Å². The Balaban J connectivity index is 1.99. The molecule has 214 valence electrons. The Labute approximate surface area is 225 Å². The van der Waals surface area contributed by atoms with E-state index in [1.54, 1.807) is 5.32 Å². The van der Waals surface area contributed by atoms with E-state index in [4.69, 9.17) is 0 Å². The fourth-order valence-electron chi connectivity index (χ4n) is 3.40. The second kappa shape index (κ2) is 10.7. The van der Waals surface area contributed by atoms with Crippen LogP contribution >= 0.6 is 15.9 Å². The van der Waals surface area contributed by atoms with Crippen LogP contribution in [-0.2, 0) is 11.8 Å². The number of alkyl halides is 10. The predicted octanol–water partition coefficient (Wildman–Crippen LogP) is 8.40. The maximum absolute atomic E-state index is 14.5. The first-order chi connectivity index (χ1) is 18.3. The molecule has 3 rings (SSSR count). The Kier molecular flexibility index (Phi) is 8.26. The van der Waals surface area contributed by atoms with E-state index < -0.39 is 74.7 Å². The first-order valence-corrected chi connectivity index (χ1v) is 11.3. The summed E-state index contributed by atoms with van der Waals surface area (Å²) in [4.78, 5) is 25.0. The Morgan fingerprint density at radius 3 is 1.73 bits per heavy atom. The highest BCUT2D eigenvalue weighted by molar-refractivity contribution is 9.10. The number of halogens is 12. The van der Waals surface area contributed by atoms with E-state index in [1.165, 1.54) is 24.3 Å². The molecule has 0 aliphatic heterocycles. The minimum atomic E-state index is -6.69. The Morgan fingerprint density at radius 2 is 1.20 bits per heavy atom. The molecule has 0 aromatic heterocycles. The molecule has 0 aliphatic carbocycles. The molecule has 0 saturated heterocycles.